The second-order valence-electron chi connectivity index (χ2n) is 12.3. The summed E-state index contributed by atoms with van der Waals surface area (Å²) < 4.78 is 85.4. The number of fused-ring (bicyclic) bond motifs is 4. The number of benzene rings is 5. The molecule has 10 heteroatoms. The van der Waals surface area contributed by atoms with Gasteiger partial charge in [0.2, 0.25) is 0 Å². The second-order valence-corrected chi connectivity index (χ2v) is 28.2. The molecule has 5 aromatic carbocycles. The zero-order chi connectivity index (χ0) is 34.0. The Morgan fingerprint density at radius 3 is 2.00 bits per heavy atom. The summed E-state index contributed by atoms with van der Waals surface area (Å²) in [5.74, 6) is 0. The molecule has 5 aromatic rings. The van der Waals surface area contributed by atoms with Gasteiger partial charge in [-0.3, -0.25) is 0 Å². The van der Waals surface area contributed by atoms with Gasteiger partial charge in [-0.25, -0.2) is 0 Å². The predicted octanol–water partition coefficient (Wildman–Crippen LogP) is 10.2. The van der Waals surface area contributed by atoms with Crippen LogP contribution in [-0.2, 0) is 30.2 Å². The summed E-state index contributed by atoms with van der Waals surface area (Å²) in [5, 5.41) is 2.56. The van der Waals surface area contributed by atoms with Crippen LogP contribution >= 0.6 is 17.0 Å². The van der Waals surface area contributed by atoms with E-state index in [0.717, 1.165) is 38.5 Å². The summed E-state index contributed by atoms with van der Waals surface area (Å²) in [6.45, 7) is 2.03. The molecule has 0 N–H and O–H groups in total. The zero-order valence-electron chi connectivity index (χ0n) is 25.6. The number of hydrogen-bond donors (Lipinski definition) is 0. The first-order valence-electron chi connectivity index (χ1n) is 15.6. The fourth-order valence-electron chi connectivity index (χ4n) is 7.34. The molecule has 0 saturated heterocycles. The molecule has 0 aromatic heterocycles. The van der Waals surface area contributed by atoms with Gasteiger partial charge in [-0.1, -0.05) is 0 Å². The molecule has 244 valence electrons. The summed E-state index contributed by atoms with van der Waals surface area (Å²) in [7, 11) is 14.6. The standard InChI is InChI=1S/C26H19F6.C12H9Si.2ClH.Zr/c1-2-6-16-11-18-9-10-22(17-7-4-3-5-8-17)24(23(18)12-16)19-13-20(25(27,28)29)15-21(14-19)26(30,31)32;1-3-7-11-9(5-1)10-6-2-4-8-12(10)13-11;;;/h3-5,7-15H,2,6H2,1H3;1-7H,13H2;2*1H;/q;;;;+2/p-2. The van der Waals surface area contributed by atoms with E-state index in [4.69, 9.17) is 17.0 Å². The molecule has 1 heterocycles. The van der Waals surface area contributed by atoms with E-state index in [1.807, 2.05) is 49.4 Å². The van der Waals surface area contributed by atoms with Gasteiger partial charge in [0.1, 0.15) is 0 Å². The van der Waals surface area contributed by atoms with Crippen LogP contribution in [0.5, 0.6) is 0 Å². The van der Waals surface area contributed by atoms with Crippen molar-refractivity contribution in [3.8, 4) is 33.4 Å². The Labute approximate surface area is 288 Å². The molecule has 2 aliphatic rings. The number of hydrogen-bond acceptors (Lipinski definition) is 0. The summed E-state index contributed by atoms with van der Waals surface area (Å²) in [6, 6.07) is 29.0. The average Bonchev–Trinajstić information content (AvgIpc) is 3.62. The van der Waals surface area contributed by atoms with Crippen molar-refractivity contribution in [1.82, 2.24) is 0 Å². The number of halogens is 8. The molecule has 0 fully saturated rings. The van der Waals surface area contributed by atoms with Gasteiger partial charge >= 0.3 is 291 Å². The molecular weight excluding hydrogens is 761 g/mol. The Kier molecular flexibility index (Phi) is 8.72. The van der Waals surface area contributed by atoms with Gasteiger partial charge in [0.15, 0.2) is 0 Å². The van der Waals surface area contributed by atoms with Gasteiger partial charge in [-0.05, 0) is 0 Å². The van der Waals surface area contributed by atoms with E-state index in [2.05, 4.69) is 18.2 Å². The van der Waals surface area contributed by atoms with E-state index in [1.54, 1.807) is 30.3 Å². The minimum atomic E-state index is -4.99. The van der Waals surface area contributed by atoms with Gasteiger partial charge in [0.05, 0.1) is 0 Å². The SMILES string of the molecule is CCCC1=Cc2c(ccc(-c3ccccc3)c2-c2cc(C(F)(F)F)cc(C(F)(F)F)c2)[CH]1[Zr]([Cl])([Cl])[c]1cccc2c1[SiH2]c1ccccc1-2. The molecule has 1 atom stereocenters. The topological polar surface area (TPSA) is 0 Å². The monoisotopic (exact) mass is 786 g/mol. The van der Waals surface area contributed by atoms with Crippen LogP contribution in [0.4, 0.5) is 26.3 Å². The maximum atomic E-state index is 14.1. The normalized spacial score (nSPS) is 16.1. The molecule has 0 bridgehead atoms. The molecule has 0 nitrogen and oxygen atoms in total. The molecule has 0 radical (unpaired) electrons. The molecule has 1 aliphatic carbocycles. The third-order valence-electron chi connectivity index (χ3n) is 9.36. The van der Waals surface area contributed by atoms with Crippen molar-refractivity contribution in [1.29, 1.82) is 0 Å². The Morgan fingerprint density at radius 1 is 0.688 bits per heavy atom. The second kappa shape index (κ2) is 12.5. The van der Waals surface area contributed by atoms with Crippen molar-refractivity contribution in [3.05, 3.63) is 131 Å². The van der Waals surface area contributed by atoms with E-state index < -0.39 is 50.9 Å². The Balaban J connectivity index is 1.48. The van der Waals surface area contributed by atoms with Crippen molar-refractivity contribution < 1.29 is 44.2 Å². The van der Waals surface area contributed by atoms with Gasteiger partial charge in [0.25, 0.3) is 0 Å². The van der Waals surface area contributed by atoms with Crippen LogP contribution in [0.15, 0.2) is 109 Å². The Bertz CT molecular complexity index is 2050. The van der Waals surface area contributed by atoms with Gasteiger partial charge in [0, 0.05) is 0 Å². The van der Waals surface area contributed by atoms with Crippen molar-refractivity contribution >= 4 is 46.3 Å². The van der Waals surface area contributed by atoms with E-state index >= 15 is 0 Å². The fraction of sp³-hybridized carbons (Fsp3) is 0.158. The van der Waals surface area contributed by atoms with Crippen LogP contribution in [0.1, 0.15) is 45.6 Å². The number of allylic oxidation sites excluding steroid dienone is 1. The van der Waals surface area contributed by atoms with E-state index in [-0.39, 0.29) is 15.3 Å². The maximum absolute atomic E-state index is 14.1. The first-order valence-corrected chi connectivity index (χ1v) is 26.0. The molecule has 0 spiro atoms. The molecule has 48 heavy (non-hydrogen) atoms. The summed E-state index contributed by atoms with van der Waals surface area (Å²) in [5.41, 5.74) is 3.30. The van der Waals surface area contributed by atoms with E-state index in [0.29, 0.717) is 28.7 Å². The third-order valence-corrected chi connectivity index (χ3v) is 23.7. The van der Waals surface area contributed by atoms with Crippen molar-refractivity contribution in [3.63, 3.8) is 0 Å². The van der Waals surface area contributed by atoms with Crippen LogP contribution in [0.25, 0.3) is 39.5 Å². The van der Waals surface area contributed by atoms with E-state index in [1.165, 1.54) is 15.9 Å². The van der Waals surface area contributed by atoms with Crippen molar-refractivity contribution in [2.24, 2.45) is 0 Å². The first-order chi connectivity index (χ1) is 22.8. The van der Waals surface area contributed by atoms with Crippen LogP contribution in [0.2, 0.25) is 0 Å². The van der Waals surface area contributed by atoms with Gasteiger partial charge in [-0.2, -0.15) is 0 Å². The van der Waals surface area contributed by atoms with Crippen molar-refractivity contribution in [2.75, 3.05) is 0 Å². The number of rotatable bonds is 6. The molecular formula is C38H28Cl2F6SiZr. The van der Waals surface area contributed by atoms with Gasteiger partial charge in [-0.15, -0.1) is 0 Å². The quantitative estimate of drug-likeness (QED) is 0.117. The predicted molar refractivity (Wildman–Crippen MR) is 184 cm³/mol. The zero-order valence-corrected chi connectivity index (χ0v) is 31.0. The Hall–Kier alpha value is -2.90. The molecule has 7 rings (SSSR count). The van der Waals surface area contributed by atoms with E-state index in [9.17, 15) is 26.3 Å². The van der Waals surface area contributed by atoms with Crippen molar-refractivity contribution in [2.45, 2.75) is 35.7 Å². The van der Waals surface area contributed by atoms with Crippen LogP contribution < -0.4 is 13.6 Å². The fourth-order valence-corrected chi connectivity index (χ4v) is 24.2. The summed E-state index contributed by atoms with van der Waals surface area (Å²) >= 11 is -4.46. The Morgan fingerprint density at radius 2 is 1.33 bits per heavy atom. The number of alkyl halides is 6. The summed E-state index contributed by atoms with van der Waals surface area (Å²) in [4.78, 5) is 0. The summed E-state index contributed by atoms with van der Waals surface area (Å²) in [6.07, 6.45) is -6.63. The molecule has 0 saturated carbocycles. The van der Waals surface area contributed by atoms with Crippen LogP contribution in [0.3, 0.4) is 0 Å². The molecule has 1 aliphatic heterocycles. The average molecular weight is 789 g/mol. The first kappa shape index (κ1) is 33.6. The van der Waals surface area contributed by atoms with Crippen LogP contribution in [-0.4, -0.2) is 9.52 Å². The third kappa shape index (κ3) is 5.87. The van der Waals surface area contributed by atoms with Crippen LogP contribution in [0, 0.1) is 0 Å². The van der Waals surface area contributed by atoms with Gasteiger partial charge < -0.3 is 0 Å². The molecule has 1 unspecified atom stereocenters. The molecule has 0 amide bonds. The minimum absolute atomic E-state index is 0.158.